The zero-order chi connectivity index (χ0) is 71.0. The van der Waals surface area contributed by atoms with Crippen LogP contribution in [0.15, 0.2) is 199 Å². The first-order chi connectivity index (χ1) is 48.9. The molecule has 12 aromatic rings. The molecule has 6 aromatic heterocycles. The van der Waals surface area contributed by atoms with Crippen LogP contribution in [0.2, 0.25) is 20.9 Å². The van der Waals surface area contributed by atoms with Crippen molar-refractivity contribution in [3.8, 4) is 17.1 Å². The number of aromatic nitrogens is 9. The van der Waals surface area contributed by atoms with Gasteiger partial charge in [0.2, 0.25) is 0 Å². The van der Waals surface area contributed by atoms with Gasteiger partial charge in [0.1, 0.15) is 4.60 Å². The van der Waals surface area contributed by atoms with E-state index >= 15 is 0 Å². The largest absolute Gasteiger partial charge is 1.00 e. The minimum absolute atomic E-state index is 0. The molecule has 3 fully saturated rings. The third-order valence-corrected chi connectivity index (χ3v) is 22.1. The topological polar surface area (TPSA) is 260 Å². The van der Waals surface area contributed by atoms with Gasteiger partial charge in [-0.15, -0.1) is 0 Å². The number of carbonyl (C=O) groups is 3. The van der Waals surface area contributed by atoms with Crippen molar-refractivity contribution in [2.24, 2.45) is 0 Å². The van der Waals surface area contributed by atoms with E-state index in [-0.39, 0.29) is 47.6 Å². The molecular formula is C76H79BBrCl3LiN9O10S3. The van der Waals surface area contributed by atoms with E-state index in [0.29, 0.717) is 56.8 Å². The van der Waals surface area contributed by atoms with Gasteiger partial charge in [-0.05, 0) is 172 Å². The third kappa shape index (κ3) is 19.2. The maximum atomic E-state index is 12.3. The average Bonchev–Trinajstić information content (AvgIpc) is 1.59. The van der Waals surface area contributed by atoms with E-state index in [1.54, 1.807) is 72.5 Å². The molecular weight excluding hydrogens is 1500 g/mol. The molecule has 0 amide bonds. The Morgan fingerprint density at radius 2 is 0.856 bits per heavy atom. The number of hydrogen-bond acceptors (Lipinski definition) is 14. The summed E-state index contributed by atoms with van der Waals surface area (Å²) in [7, 11) is -1.04. The SMILES string of the molecule is CCCn1cc(-n2c(Br)c(Sc3cccc(C(=O)OCC)c3)c3ccc(Cl)cc32)cn1.CCCn1cc(-n2c(C3CC3)c(Sc3cccc(C(=O)O)c3)c3ccc(Cl)cc32)cn1.CCCn1cc(-n2c(C3CC3)c(Sc3cccc(C(=O)OCC)c3)c3ccc(Cl)cc32)cn1.O.OB(O)C1CC1.[Li+].[OH-]. The van der Waals surface area contributed by atoms with Crippen LogP contribution in [-0.2, 0) is 29.1 Å². The Balaban J connectivity index is 0.000000171. The van der Waals surface area contributed by atoms with Crippen LogP contribution in [0.4, 0.5) is 0 Å². The van der Waals surface area contributed by atoms with Gasteiger partial charge in [-0.3, -0.25) is 18.6 Å². The van der Waals surface area contributed by atoms with E-state index in [9.17, 15) is 19.5 Å². The number of benzene rings is 6. The molecule has 15 rings (SSSR count). The van der Waals surface area contributed by atoms with Gasteiger partial charge in [-0.1, -0.05) is 140 Å². The van der Waals surface area contributed by atoms with Crippen molar-refractivity contribution in [3.63, 3.8) is 0 Å². The zero-order valence-corrected chi connectivity index (χ0v) is 64.7. The quantitative estimate of drug-likeness (QED) is 0.0397. The Labute approximate surface area is 652 Å². The van der Waals surface area contributed by atoms with E-state index < -0.39 is 13.1 Å². The Hall–Kier alpha value is -7.12. The predicted octanol–water partition coefficient (Wildman–Crippen LogP) is 16.3. The van der Waals surface area contributed by atoms with Crippen molar-refractivity contribution in [2.45, 2.75) is 159 Å². The number of aromatic carboxylic acids is 1. The number of esters is 2. The van der Waals surface area contributed by atoms with Crippen LogP contribution in [0.1, 0.15) is 147 Å². The molecule has 0 spiro atoms. The summed E-state index contributed by atoms with van der Waals surface area (Å²) in [6.45, 7) is 13.4. The van der Waals surface area contributed by atoms with Crippen LogP contribution in [0.5, 0.6) is 0 Å². The van der Waals surface area contributed by atoms with E-state index in [1.165, 1.54) is 34.0 Å². The van der Waals surface area contributed by atoms with Gasteiger partial charge in [0.25, 0.3) is 0 Å². The summed E-state index contributed by atoms with van der Waals surface area (Å²) >= 11 is 27.9. The molecule has 104 heavy (non-hydrogen) atoms. The summed E-state index contributed by atoms with van der Waals surface area (Å²) in [6.07, 6.45) is 21.7. The van der Waals surface area contributed by atoms with Crippen LogP contribution in [0.25, 0.3) is 49.8 Å². The molecule has 0 saturated heterocycles. The second-order valence-corrected chi connectivity index (χ2v) is 30.2. The monoisotopic (exact) mass is 1580 g/mol. The van der Waals surface area contributed by atoms with Crippen molar-refractivity contribution >= 4 is 144 Å². The number of rotatable bonds is 23. The molecule has 6 aromatic carbocycles. The standard InChI is InChI=1S/C26H26ClN3O2S.C24H22ClN3O2S.C23H21BrClN3O2S.C3H7BO2.Li.2H2O/c1-3-12-29-16-20(15-28-29)30-23-14-19(27)10-11-22(23)25(24(30)17-8-9-17)33-21-7-5-6-18(13-21)26(31)32-4-2;1-2-10-27-14-18(13-26-27)28-21-12-17(25)8-9-20(21)23(22(28)15-6-7-15)31-19-5-3-4-16(11-19)24(29)30;1-3-10-27-14-17(13-26-27)28-20-12-16(25)8-9-19(20)21(22(28)24)31-18-7-5-6-15(11-18)23(29)30-4-2;5-4(6)3-1-2-3;;;/h5-7,10-11,13-17H,3-4,8-9,12H2,1-2H3;3-5,8-9,11-15H,2,6-7,10H2,1H3,(H,29,30);5-9,11-14H,3-4,10H2,1-2H3;3,5-6H,1-2H2;;2*1H2/q;;;;+1;;/p-1. The van der Waals surface area contributed by atoms with Gasteiger partial charge in [0.15, 0.2) is 0 Å². The fourth-order valence-corrected chi connectivity index (χ4v) is 16.8. The number of ether oxygens (including phenoxy) is 2. The summed E-state index contributed by atoms with van der Waals surface area (Å²) in [6, 6.07) is 40.2. The number of fused-ring (bicyclic) bond motifs is 3. The van der Waals surface area contributed by atoms with E-state index in [1.807, 2.05) is 131 Å². The molecule has 3 aliphatic carbocycles. The number of carbonyl (C=O) groups excluding carboxylic acids is 2. The summed E-state index contributed by atoms with van der Waals surface area (Å²) in [5, 5.41) is 44.9. The molecule has 3 saturated carbocycles. The van der Waals surface area contributed by atoms with Crippen LogP contribution in [0, 0.1) is 0 Å². The van der Waals surface area contributed by atoms with Gasteiger partial charge >= 0.3 is 43.9 Å². The Morgan fingerprint density at radius 1 is 0.510 bits per heavy atom. The minimum atomic E-state index is -1.04. The second-order valence-electron chi connectivity index (χ2n) is 24.9. The van der Waals surface area contributed by atoms with Crippen LogP contribution >= 0.6 is 86.0 Å². The van der Waals surface area contributed by atoms with Crippen molar-refractivity contribution < 1.29 is 68.8 Å². The van der Waals surface area contributed by atoms with E-state index in [2.05, 4.69) is 90.2 Å². The first kappa shape index (κ1) is 81.0. The predicted molar refractivity (Wildman–Crippen MR) is 414 cm³/mol. The Bertz CT molecular complexity index is 4990. The molecule has 28 heteroatoms. The number of nitrogens with zero attached hydrogens (tertiary/aromatic N) is 9. The molecule has 0 bridgehead atoms. The molecule has 0 aliphatic heterocycles. The van der Waals surface area contributed by atoms with Crippen LogP contribution in [0.3, 0.4) is 0 Å². The van der Waals surface area contributed by atoms with Gasteiger partial charge in [0.05, 0.1) is 87.0 Å². The van der Waals surface area contributed by atoms with Crippen LogP contribution in [-0.4, -0.2) is 107 Å². The van der Waals surface area contributed by atoms with Gasteiger partial charge in [-0.2, -0.15) is 15.3 Å². The first-order valence-corrected chi connectivity index (χ1v) is 38.4. The van der Waals surface area contributed by atoms with Crippen molar-refractivity contribution in [1.82, 2.24) is 43.0 Å². The Kier molecular flexibility index (Phi) is 28.8. The maximum absolute atomic E-state index is 12.3. The fraction of sp³-hybridized carbons (Fsp3) is 0.289. The summed E-state index contributed by atoms with van der Waals surface area (Å²) in [5.74, 6) is -0.332. The van der Waals surface area contributed by atoms with Gasteiger partial charge < -0.3 is 44.7 Å². The number of carboxylic acid groups (broad SMARTS) is 1. The van der Waals surface area contributed by atoms with Gasteiger partial charge in [0, 0.05) is 117 Å². The second kappa shape index (κ2) is 36.9. The summed E-state index contributed by atoms with van der Waals surface area (Å²) in [4.78, 5) is 42.2. The zero-order valence-electron chi connectivity index (χ0n) is 58.4. The van der Waals surface area contributed by atoms with Crippen molar-refractivity contribution in [3.05, 3.63) is 212 Å². The van der Waals surface area contributed by atoms with Gasteiger partial charge in [-0.25, -0.2) is 14.4 Å². The van der Waals surface area contributed by atoms with E-state index in [0.717, 1.165) is 139 Å². The molecule has 0 atom stereocenters. The van der Waals surface area contributed by atoms with E-state index in [4.69, 9.17) is 54.3 Å². The first-order valence-electron chi connectivity index (χ1n) is 34.0. The number of aryl methyl sites for hydroxylation is 3. The molecule has 6 N–H and O–H groups in total. The van der Waals surface area contributed by atoms with Crippen molar-refractivity contribution in [1.29, 1.82) is 0 Å². The Morgan fingerprint density at radius 3 is 1.19 bits per heavy atom. The molecule has 19 nitrogen and oxygen atoms in total. The maximum Gasteiger partial charge on any atom is 1.00 e. The average molecular weight is 1580 g/mol. The summed E-state index contributed by atoms with van der Waals surface area (Å²) in [5.41, 5.74) is 10.2. The molecule has 0 radical (unpaired) electrons. The molecule has 3 aliphatic rings. The molecule has 538 valence electrons. The molecule has 6 heterocycles. The molecule has 0 unspecified atom stereocenters. The number of carboxylic acids is 1. The number of hydrogen-bond donors (Lipinski definition) is 3. The normalized spacial score (nSPS) is 13.0. The minimum Gasteiger partial charge on any atom is -0.870 e. The third-order valence-electron chi connectivity index (χ3n) is 17.1. The fourth-order valence-electron chi connectivity index (χ4n) is 12.0. The summed E-state index contributed by atoms with van der Waals surface area (Å²) < 4.78 is 23.9. The van der Waals surface area contributed by atoms with Crippen LogP contribution < -0.4 is 18.9 Å². The van der Waals surface area contributed by atoms with Crippen molar-refractivity contribution in [2.75, 3.05) is 13.2 Å². The smallest absolute Gasteiger partial charge is 0.870 e. The number of halogens is 4.